The van der Waals surface area contributed by atoms with Crippen molar-refractivity contribution < 1.29 is 0 Å². The number of nitrogen functional groups attached to an aromatic ring is 1. The summed E-state index contributed by atoms with van der Waals surface area (Å²) in [5, 5.41) is 3.48. The molecule has 1 aromatic heterocycles. The highest BCUT2D eigenvalue weighted by molar-refractivity contribution is 5.47. The molecule has 0 bridgehead atoms. The van der Waals surface area contributed by atoms with E-state index in [4.69, 9.17) is 5.84 Å². The van der Waals surface area contributed by atoms with Crippen LogP contribution in [0.15, 0.2) is 6.07 Å². The van der Waals surface area contributed by atoms with Crippen LogP contribution in [0.3, 0.4) is 0 Å². The van der Waals surface area contributed by atoms with Crippen LogP contribution in [0, 0.1) is 6.92 Å². The van der Waals surface area contributed by atoms with Crippen LogP contribution in [-0.2, 0) is 0 Å². The molecule has 18 heavy (non-hydrogen) atoms. The molecule has 1 saturated carbocycles. The Hall–Kier alpha value is -1.40. The first kappa shape index (κ1) is 11.7. The number of likely N-dealkylation sites (tertiary alicyclic amines) is 1. The third-order valence-corrected chi connectivity index (χ3v) is 3.62. The predicted octanol–water partition coefficient (Wildman–Crippen LogP) is 0.719. The molecule has 0 spiro atoms. The number of aryl methyl sites for hydroxylation is 1. The number of rotatable bonds is 4. The van der Waals surface area contributed by atoms with E-state index in [0.717, 1.165) is 24.2 Å². The summed E-state index contributed by atoms with van der Waals surface area (Å²) in [5.41, 5.74) is 2.57. The number of hydrazine groups is 1. The van der Waals surface area contributed by atoms with Gasteiger partial charge in [0, 0.05) is 31.2 Å². The highest BCUT2D eigenvalue weighted by Crippen LogP contribution is 2.30. The van der Waals surface area contributed by atoms with Gasteiger partial charge in [-0.05, 0) is 26.2 Å². The number of hydrogen-bond acceptors (Lipinski definition) is 6. The molecule has 1 unspecified atom stereocenters. The van der Waals surface area contributed by atoms with Crippen LogP contribution < -0.4 is 16.6 Å². The quantitative estimate of drug-likeness (QED) is 0.538. The number of hydrogen-bond donors (Lipinski definition) is 3. The maximum Gasteiger partial charge on any atom is 0.145 e. The number of nitrogens with two attached hydrogens (primary N) is 1. The van der Waals surface area contributed by atoms with E-state index in [1.165, 1.54) is 25.8 Å². The fraction of sp³-hybridized carbons (Fsp3) is 0.667. The normalized spacial score (nSPS) is 24.2. The molecule has 0 radical (unpaired) electrons. The van der Waals surface area contributed by atoms with Gasteiger partial charge < -0.3 is 10.7 Å². The SMILES string of the molecule is Cc1nc(NN)cc(NC2CCN(C3CC3)C2)n1. The molecule has 1 aromatic rings. The molecule has 2 heterocycles. The Labute approximate surface area is 107 Å². The molecule has 3 rings (SSSR count). The molecule has 6 nitrogen and oxygen atoms in total. The third kappa shape index (κ3) is 2.54. The minimum Gasteiger partial charge on any atom is -0.366 e. The average molecular weight is 248 g/mol. The summed E-state index contributed by atoms with van der Waals surface area (Å²) < 4.78 is 0. The third-order valence-electron chi connectivity index (χ3n) is 3.62. The van der Waals surface area contributed by atoms with Crippen LogP contribution in [0.25, 0.3) is 0 Å². The van der Waals surface area contributed by atoms with Gasteiger partial charge in [0.15, 0.2) is 0 Å². The number of nitrogens with zero attached hydrogens (tertiary/aromatic N) is 3. The molecular weight excluding hydrogens is 228 g/mol. The minimum atomic E-state index is 0.491. The summed E-state index contributed by atoms with van der Waals surface area (Å²) in [6, 6.07) is 3.20. The lowest BCUT2D eigenvalue weighted by Gasteiger charge is -2.16. The summed E-state index contributed by atoms with van der Waals surface area (Å²) in [6.07, 6.45) is 3.94. The van der Waals surface area contributed by atoms with Crippen molar-refractivity contribution in [3.63, 3.8) is 0 Å². The lowest BCUT2D eigenvalue weighted by molar-refractivity contribution is 0.326. The zero-order valence-electron chi connectivity index (χ0n) is 10.7. The van der Waals surface area contributed by atoms with Crippen LogP contribution in [0.2, 0.25) is 0 Å². The number of anilines is 2. The number of aromatic nitrogens is 2. The first-order chi connectivity index (χ1) is 8.74. The fourth-order valence-electron chi connectivity index (χ4n) is 2.60. The van der Waals surface area contributed by atoms with Crippen molar-refractivity contribution in [3.8, 4) is 0 Å². The second-order valence-electron chi connectivity index (χ2n) is 5.19. The van der Waals surface area contributed by atoms with Crippen molar-refractivity contribution >= 4 is 11.6 Å². The van der Waals surface area contributed by atoms with Gasteiger partial charge >= 0.3 is 0 Å². The smallest absolute Gasteiger partial charge is 0.145 e. The number of nitrogens with one attached hydrogen (secondary N) is 2. The van der Waals surface area contributed by atoms with E-state index < -0.39 is 0 Å². The molecule has 98 valence electrons. The predicted molar refractivity (Wildman–Crippen MR) is 71.2 cm³/mol. The van der Waals surface area contributed by atoms with Gasteiger partial charge in [0.25, 0.3) is 0 Å². The van der Waals surface area contributed by atoms with E-state index in [1.54, 1.807) is 0 Å². The summed E-state index contributed by atoms with van der Waals surface area (Å²) in [6.45, 7) is 4.20. The molecule has 1 aliphatic heterocycles. The van der Waals surface area contributed by atoms with Crippen LogP contribution in [0.1, 0.15) is 25.1 Å². The summed E-state index contributed by atoms with van der Waals surface area (Å²) in [5.74, 6) is 7.63. The summed E-state index contributed by atoms with van der Waals surface area (Å²) in [7, 11) is 0. The minimum absolute atomic E-state index is 0.491. The molecule has 0 amide bonds. The molecule has 4 N–H and O–H groups in total. The van der Waals surface area contributed by atoms with Crippen molar-refractivity contribution in [1.29, 1.82) is 0 Å². The maximum absolute atomic E-state index is 5.39. The van der Waals surface area contributed by atoms with E-state index in [9.17, 15) is 0 Å². The van der Waals surface area contributed by atoms with Gasteiger partial charge in [-0.1, -0.05) is 0 Å². The first-order valence-electron chi connectivity index (χ1n) is 6.57. The fourth-order valence-corrected chi connectivity index (χ4v) is 2.60. The van der Waals surface area contributed by atoms with Gasteiger partial charge in [-0.3, -0.25) is 4.90 Å². The second-order valence-corrected chi connectivity index (χ2v) is 5.19. The highest BCUT2D eigenvalue weighted by Gasteiger charge is 2.34. The largest absolute Gasteiger partial charge is 0.366 e. The van der Waals surface area contributed by atoms with E-state index in [1.807, 2.05) is 13.0 Å². The Morgan fingerprint density at radius 1 is 1.28 bits per heavy atom. The van der Waals surface area contributed by atoms with Crippen LogP contribution in [0.4, 0.5) is 11.6 Å². The zero-order chi connectivity index (χ0) is 12.5. The van der Waals surface area contributed by atoms with Crippen LogP contribution in [-0.4, -0.2) is 40.0 Å². The van der Waals surface area contributed by atoms with Crippen molar-refractivity contribution in [2.45, 2.75) is 38.3 Å². The van der Waals surface area contributed by atoms with Gasteiger partial charge in [-0.25, -0.2) is 15.8 Å². The van der Waals surface area contributed by atoms with Crippen molar-refractivity contribution in [1.82, 2.24) is 14.9 Å². The van der Waals surface area contributed by atoms with Crippen molar-refractivity contribution in [2.24, 2.45) is 5.84 Å². The maximum atomic E-state index is 5.39. The molecule has 6 heteroatoms. The Bertz CT molecular complexity index is 431. The molecular formula is C12H20N6. The Balaban J connectivity index is 1.63. The Morgan fingerprint density at radius 2 is 2.06 bits per heavy atom. The molecule has 1 atom stereocenters. The molecule has 1 saturated heterocycles. The lowest BCUT2D eigenvalue weighted by atomic mass is 10.2. The van der Waals surface area contributed by atoms with Gasteiger partial charge in [-0.15, -0.1) is 0 Å². The molecule has 0 aromatic carbocycles. The molecule has 2 fully saturated rings. The van der Waals surface area contributed by atoms with Gasteiger partial charge in [0.1, 0.15) is 17.5 Å². The van der Waals surface area contributed by atoms with E-state index in [2.05, 4.69) is 25.6 Å². The first-order valence-corrected chi connectivity index (χ1v) is 6.57. The zero-order valence-corrected chi connectivity index (χ0v) is 10.7. The standard InChI is InChI=1S/C12H20N6/c1-8-14-11(6-12(15-8)17-13)16-9-4-5-18(7-9)10-2-3-10/h6,9-10H,2-5,7,13H2,1H3,(H2,14,15,16,17). The van der Waals surface area contributed by atoms with Crippen molar-refractivity contribution in [3.05, 3.63) is 11.9 Å². The monoisotopic (exact) mass is 248 g/mol. The topological polar surface area (TPSA) is 79.1 Å². The Kier molecular flexibility index (Phi) is 3.05. The van der Waals surface area contributed by atoms with E-state index in [-0.39, 0.29) is 0 Å². The van der Waals surface area contributed by atoms with Crippen LogP contribution >= 0.6 is 0 Å². The summed E-state index contributed by atoms with van der Waals surface area (Å²) in [4.78, 5) is 11.2. The van der Waals surface area contributed by atoms with Gasteiger partial charge in [0.2, 0.25) is 0 Å². The van der Waals surface area contributed by atoms with Crippen molar-refractivity contribution in [2.75, 3.05) is 23.8 Å². The van der Waals surface area contributed by atoms with Gasteiger partial charge in [-0.2, -0.15) is 0 Å². The second kappa shape index (κ2) is 4.70. The van der Waals surface area contributed by atoms with Crippen LogP contribution in [0.5, 0.6) is 0 Å². The molecule has 2 aliphatic rings. The highest BCUT2D eigenvalue weighted by atomic mass is 15.3. The average Bonchev–Trinajstić information content (AvgIpc) is 3.10. The van der Waals surface area contributed by atoms with Gasteiger partial charge in [0.05, 0.1) is 0 Å². The van der Waals surface area contributed by atoms with E-state index in [0.29, 0.717) is 11.9 Å². The summed E-state index contributed by atoms with van der Waals surface area (Å²) >= 11 is 0. The lowest BCUT2D eigenvalue weighted by Crippen LogP contribution is -2.28. The Morgan fingerprint density at radius 3 is 2.78 bits per heavy atom. The molecule has 1 aliphatic carbocycles. The van der Waals surface area contributed by atoms with E-state index >= 15 is 0 Å².